The number of pyridine rings is 1. The van der Waals surface area contributed by atoms with Crippen molar-refractivity contribution in [3.8, 4) is 0 Å². The van der Waals surface area contributed by atoms with Crippen LogP contribution in [0.1, 0.15) is 44.6 Å². The summed E-state index contributed by atoms with van der Waals surface area (Å²) in [6.07, 6.45) is 5.99. The molecule has 0 unspecified atom stereocenters. The van der Waals surface area contributed by atoms with Crippen LogP contribution < -0.4 is 5.32 Å². The fourth-order valence-corrected chi connectivity index (χ4v) is 2.97. The van der Waals surface area contributed by atoms with E-state index in [2.05, 4.69) is 10.3 Å². The van der Waals surface area contributed by atoms with Gasteiger partial charge in [0.1, 0.15) is 6.04 Å². The van der Waals surface area contributed by atoms with Crippen LogP contribution in [0.25, 0.3) is 0 Å². The van der Waals surface area contributed by atoms with E-state index in [1.54, 1.807) is 12.4 Å². The van der Waals surface area contributed by atoms with E-state index >= 15 is 0 Å². The van der Waals surface area contributed by atoms with Crippen LogP contribution in [0.4, 0.5) is 0 Å². The van der Waals surface area contributed by atoms with Crippen LogP contribution in [-0.4, -0.2) is 30.0 Å². The molecule has 1 N–H and O–H groups in total. The second kappa shape index (κ2) is 7.38. The highest BCUT2D eigenvalue weighted by Crippen LogP contribution is 2.47. The largest absolute Gasteiger partial charge is 0.467 e. The van der Waals surface area contributed by atoms with Crippen molar-refractivity contribution in [3.63, 3.8) is 0 Å². The highest BCUT2D eigenvalue weighted by Gasteiger charge is 2.45. The number of nitrogens with one attached hydrogen (secondary N) is 1. The Hall–Kier alpha value is -1.91. The lowest BCUT2D eigenvalue weighted by Gasteiger charge is -2.24. The van der Waals surface area contributed by atoms with Gasteiger partial charge >= 0.3 is 5.97 Å². The third-order valence-electron chi connectivity index (χ3n) is 4.51. The molecule has 2 rings (SSSR count). The molecule has 5 nitrogen and oxygen atoms in total. The zero-order chi connectivity index (χ0) is 16.1. The minimum atomic E-state index is -0.553. The summed E-state index contributed by atoms with van der Waals surface area (Å²) >= 11 is 0. The second-order valence-corrected chi connectivity index (χ2v) is 5.82. The monoisotopic (exact) mass is 304 g/mol. The molecule has 0 aliphatic heterocycles. The minimum absolute atomic E-state index is 0.0591. The summed E-state index contributed by atoms with van der Waals surface area (Å²) in [7, 11) is 1.36. The lowest BCUT2D eigenvalue weighted by Crippen LogP contribution is -2.47. The normalized spacial score (nSPS) is 21.3. The molecule has 0 aromatic carbocycles. The van der Waals surface area contributed by atoms with E-state index in [4.69, 9.17) is 4.74 Å². The molecule has 0 bridgehead atoms. The van der Waals surface area contributed by atoms with Crippen LogP contribution in [0.15, 0.2) is 24.5 Å². The number of ether oxygens (including phenoxy) is 1. The van der Waals surface area contributed by atoms with Crippen LogP contribution in [0.3, 0.4) is 0 Å². The van der Waals surface area contributed by atoms with Gasteiger partial charge in [0.05, 0.1) is 7.11 Å². The minimum Gasteiger partial charge on any atom is -0.467 e. The highest BCUT2D eigenvalue weighted by atomic mass is 16.5. The number of hydrogen-bond donors (Lipinski definition) is 1. The lowest BCUT2D eigenvalue weighted by molar-refractivity contribution is -0.147. The zero-order valence-corrected chi connectivity index (χ0v) is 13.4. The summed E-state index contributed by atoms with van der Waals surface area (Å²) in [6.45, 7) is 4.04. The number of methoxy groups -OCH3 is 1. The molecule has 1 heterocycles. The number of rotatable bonds is 7. The Kier molecular flexibility index (Phi) is 5.52. The highest BCUT2D eigenvalue weighted by molar-refractivity contribution is 5.88. The zero-order valence-electron chi connectivity index (χ0n) is 13.4. The van der Waals surface area contributed by atoms with Crippen molar-refractivity contribution in [3.05, 3.63) is 30.1 Å². The Morgan fingerprint density at radius 2 is 2.14 bits per heavy atom. The predicted molar refractivity (Wildman–Crippen MR) is 83.1 cm³/mol. The van der Waals surface area contributed by atoms with Crippen LogP contribution >= 0.6 is 0 Å². The molecule has 5 heteroatoms. The topological polar surface area (TPSA) is 68.3 Å². The Balaban J connectivity index is 1.99. The standard InChI is InChI=1S/C17H24N2O3/c1-4-11(5-2)15(17(21)22-3)19-16(20)14-9-13(14)12-7-6-8-18-10-12/h6-8,10-11,13-15H,4-5,9H2,1-3H3,(H,19,20)/t13-,14-,15-/m0/s1. The van der Waals surface area contributed by atoms with Crippen molar-refractivity contribution in [1.82, 2.24) is 10.3 Å². The third kappa shape index (κ3) is 3.64. The summed E-state index contributed by atoms with van der Waals surface area (Å²) in [4.78, 5) is 28.5. The maximum Gasteiger partial charge on any atom is 0.328 e. The maximum atomic E-state index is 12.4. The van der Waals surface area contributed by atoms with Gasteiger partial charge in [0.25, 0.3) is 0 Å². The molecule has 1 fully saturated rings. The predicted octanol–water partition coefficient (Wildman–Crippen LogP) is 2.28. The summed E-state index contributed by atoms with van der Waals surface area (Å²) in [5, 5.41) is 2.90. The first kappa shape index (κ1) is 16.5. The Labute approximate surface area is 131 Å². The molecule has 0 spiro atoms. The number of hydrogen-bond acceptors (Lipinski definition) is 4. The Bertz CT molecular complexity index is 514. The van der Waals surface area contributed by atoms with Gasteiger partial charge in [-0.05, 0) is 29.9 Å². The Morgan fingerprint density at radius 1 is 1.41 bits per heavy atom. The van der Waals surface area contributed by atoms with E-state index in [0.717, 1.165) is 24.8 Å². The molecule has 1 aromatic heterocycles. The molecule has 1 aliphatic rings. The summed E-state index contributed by atoms with van der Waals surface area (Å²) < 4.78 is 4.85. The van der Waals surface area contributed by atoms with Crippen molar-refractivity contribution in [2.75, 3.05) is 7.11 Å². The molecule has 22 heavy (non-hydrogen) atoms. The van der Waals surface area contributed by atoms with Crippen molar-refractivity contribution in [2.45, 2.75) is 45.1 Å². The van der Waals surface area contributed by atoms with Gasteiger partial charge in [0, 0.05) is 18.3 Å². The molecule has 0 radical (unpaired) electrons. The maximum absolute atomic E-state index is 12.4. The summed E-state index contributed by atoms with van der Waals surface area (Å²) in [5.74, 6) is -0.164. The molecular weight excluding hydrogens is 280 g/mol. The molecule has 3 atom stereocenters. The SMILES string of the molecule is CCC(CC)[C@H](NC(=O)[C@H]1C[C@H]1c1cccnc1)C(=O)OC. The third-order valence-corrected chi connectivity index (χ3v) is 4.51. The van der Waals surface area contributed by atoms with Gasteiger partial charge in [-0.2, -0.15) is 0 Å². The first-order chi connectivity index (χ1) is 10.6. The van der Waals surface area contributed by atoms with Gasteiger partial charge in [-0.25, -0.2) is 4.79 Å². The van der Waals surface area contributed by atoms with E-state index in [0.29, 0.717) is 0 Å². The summed E-state index contributed by atoms with van der Waals surface area (Å²) in [5.41, 5.74) is 1.08. The fourth-order valence-electron chi connectivity index (χ4n) is 2.97. The van der Waals surface area contributed by atoms with E-state index in [1.807, 2.05) is 26.0 Å². The quantitative estimate of drug-likeness (QED) is 0.785. The van der Waals surface area contributed by atoms with Gasteiger partial charge in [0.15, 0.2) is 0 Å². The van der Waals surface area contributed by atoms with Crippen molar-refractivity contribution < 1.29 is 14.3 Å². The number of carbonyl (C=O) groups excluding carboxylic acids is 2. The lowest BCUT2D eigenvalue weighted by atomic mass is 9.94. The van der Waals surface area contributed by atoms with Crippen LogP contribution in [-0.2, 0) is 14.3 Å². The van der Waals surface area contributed by atoms with E-state index in [1.165, 1.54) is 7.11 Å². The number of aromatic nitrogens is 1. The van der Waals surface area contributed by atoms with Gasteiger partial charge < -0.3 is 10.1 Å². The first-order valence-corrected chi connectivity index (χ1v) is 7.90. The number of nitrogens with zero attached hydrogens (tertiary/aromatic N) is 1. The van der Waals surface area contributed by atoms with Crippen LogP contribution in [0, 0.1) is 11.8 Å². The van der Waals surface area contributed by atoms with Gasteiger partial charge in [-0.1, -0.05) is 32.8 Å². The average Bonchev–Trinajstić information content (AvgIpc) is 3.35. The molecule has 1 aliphatic carbocycles. The average molecular weight is 304 g/mol. The Morgan fingerprint density at radius 3 is 2.68 bits per heavy atom. The van der Waals surface area contributed by atoms with Crippen molar-refractivity contribution >= 4 is 11.9 Å². The molecule has 0 saturated heterocycles. The van der Waals surface area contributed by atoms with Crippen molar-refractivity contribution in [1.29, 1.82) is 0 Å². The smallest absolute Gasteiger partial charge is 0.328 e. The van der Waals surface area contributed by atoms with E-state index in [9.17, 15) is 9.59 Å². The van der Waals surface area contributed by atoms with Gasteiger partial charge in [-0.15, -0.1) is 0 Å². The molecule has 120 valence electrons. The van der Waals surface area contributed by atoms with Gasteiger partial charge in [-0.3, -0.25) is 9.78 Å². The first-order valence-electron chi connectivity index (χ1n) is 7.90. The second-order valence-electron chi connectivity index (χ2n) is 5.82. The van der Waals surface area contributed by atoms with E-state index < -0.39 is 6.04 Å². The molecule has 1 saturated carbocycles. The number of esters is 1. The molecule has 1 amide bonds. The van der Waals surface area contributed by atoms with Crippen molar-refractivity contribution in [2.24, 2.45) is 11.8 Å². The van der Waals surface area contributed by atoms with Crippen LogP contribution in [0.5, 0.6) is 0 Å². The molecular formula is C17H24N2O3. The summed E-state index contributed by atoms with van der Waals surface area (Å²) in [6, 6.07) is 3.32. The van der Waals surface area contributed by atoms with Crippen LogP contribution in [0.2, 0.25) is 0 Å². The van der Waals surface area contributed by atoms with E-state index in [-0.39, 0.29) is 29.6 Å². The number of amides is 1. The van der Waals surface area contributed by atoms with Gasteiger partial charge in [0.2, 0.25) is 5.91 Å². The number of carbonyl (C=O) groups is 2. The molecule has 1 aromatic rings. The fraction of sp³-hybridized carbons (Fsp3) is 0.588.